The number of nitriles is 1. The number of nitrogens with one attached hydrogen (secondary N) is 1. The van der Waals surface area contributed by atoms with Crippen molar-refractivity contribution in [3.8, 4) is 6.07 Å². The van der Waals surface area contributed by atoms with E-state index in [1.807, 2.05) is 0 Å². The monoisotopic (exact) mass is 594 g/mol. The first kappa shape index (κ1) is 31.1. The summed E-state index contributed by atoms with van der Waals surface area (Å²) in [6.45, 7) is 0. The third-order valence-electron chi connectivity index (χ3n) is 5.40. The largest absolute Gasteiger partial charge is 0.478 e. The average Bonchev–Trinajstić information content (AvgIpc) is 2.94. The maximum Gasteiger partial charge on any atom is 0.416 e. The van der Waals surface area contributed by atoms with Crippen LogP contribution in [-0.2, 0) is 31.4 Å². The Morgan fingerprint density at radius 1 is 0.738 bits per heavy atom. The quantitative estimate of drug-likeness (QED) is 0.272. The molecule has 42 heavy (non-hydrogen) atoms. The lowest BCUT2D eigenvalue weighted by molar-refractivity contribution is -0.157. The molecule has 1 amide bonds. The molecule has 0 aliphatic rings. The van der Waals surface area contributed by atoms with E-state index in [-0.39, 0.29) is 11.3 Å². The molecule has 3 rings (SSSR count). The number of para-hydroxylation sites is 1. The second kappa shape index (κ2) is 12.4. The van der Waals surface area contributed by atoms with Crippen LogP contribution in [0.4, 0.5) is 32.0 Å². The number of carboxylic acid groups (broad SMARTS) is 1. The first-order valence-electron chi connectivity index (χ1n) is 11.4. The van der Waals surface area contributed by atoms with Crippen LogP contribution in [0.25, 0.3) is 0 Å². The van der Waals surface area contributed by atoms with Crippen LogP contribution in [0.15, 0.2) is 72.8 Å². The minimum absolute atomic E-state index is 0.137. The van der Waals surface area contributed by atoms with Crippen LogP contribution in [0.3, 0.4) is 0 Å². The summed E-state index contributed by atoms with van der Waals surface area (Å²) in [6, 6.07) is 12.3. The molecule has 3 aromatic rings. The number of ether oxygens (including phenoxy) is 2. The van der Waals surface area contributed by atoms with Crippen molar-refractivity contribution in [1.29, 1.82) is 5.26 Å². The van der Waals surface area contributed by atoms with Gasteiger partial charge < -0.3 is 19.9 Å². The summed E-state index contributed by atoms with van der Waals surface area (Å²) < 4.78 is 88.3. The number of hydrogen-bond acceptors (Lipinski definition) is 7. The number of carbonyl (C=O) groups excluding carboxylic acids is 3. The van der Waals surface area contributed by atoms with Crippen LogP contribution in [0.1, 0.15) is 37.4 Å². The number of hydrogen-bond donors (Lipinski definition) is 2. The average molecular weight is 594 g/mol. The van der Waals surface area contributed by atoms with Crippen LogP contribution in [0.2, 0.25) is 0 Å². The highest BCUT2D eigenvalue weighted by Crippen LogP contribution is 2.31. The minimum atomic E-state index is -4.89. The van der Waals surface area contributed by atoms with Gasteiger partial charge in [-0.05, 0) is 48.5 Å². The van der Waals surface area contributed by atoms with E-state index in [0.29, 0.717) is 24.3 Å². The number of alkyl halides is 6. The minimum Gasteiger partial charge on any atom is -0.478 e. The van der Waals surface area contributed by atoms with Crippen molar-refractivity contribution in [3.63, 3.8) is 0 Å². The highest BCUT2D eigenvalue weighted by Gasteiger charge is 2.42. The van der Waals surface area contributed by atoms with E-state index >= 15 is 0 Å². The number of amides is 1. The van der Waals surface area contributed by atoms with Crippen LogP contribution in [0.5, 0.6) is 0 Å². The smallest absolute Gasteiger partial charge is 0.416 e. The summed E-state index contributed by atoms with van der Waals surface area (Å²) in [7, 11) is 0. The molecule has 0 bridgehead atoms. The Kier molecular flexibility index (Phi) is 9.21. The van der Waals surface area contributed by atoms with Gasteiger partial charge in [-0.15, -0.1) is 0 Å². The van der Waals surface area contributed by atoms with Gasteiger partial charge >= 0.3 is 30.3 Å². The molecule has 0 saturated heterocycles. The second-order valence-corrected chi connectivity index (χ2v) is 8.29. The normalized spacial score (nSPS) is 12.8. The van der Waals surface area contributed by atoms with E-state index in [1.165, 1.54) is 24.3 Å². The van der Waals surface area contributed by atoms with Gasteiger partial charge in [0.05, 0.1) is 33.5 Å². The predicted molar refractivity (Wildman–Crippen MR) is 129 cm³/mol. The second-order valence-electron chi connectivity index (χ2n) is 8.29. The van der Waals surface area contributed by atoms with E-state index in [4.69, 9.17) is 9.47 Å². The number of esters is 2. The van der Waals surface area contributed by atoms with Gasteiger partial charge in [-0.2, -0.15) is 31.6 Å². The highest BCUT2D eigenvalue weighted by molar-refractivity contribution is 6.02. The third kappa shape index (κ3) is 7.62. The molecule has 0 saturated carbocycles. The van der Waals surface area contributed by atoms with Crippen molar-refractivity contribution >= 4 is 29.5 Å². The Morgan fingerprint density at radius 3 is 1.67 bits per heavy atom. The number of nitrogens with zero attached hydrogens (tertiary/aromatic N) is 1. The van der Waals surface area contributed by atoms with Gasteiger partial charge in [0, 0.05) is 0 Å². The topological polar surface area (TPSA) is 143 Å². The Hall–Kier alpha value is -5.39. The molecule has 0 aliphatic heterocycles. The molecule has 2 N–H and O–H groups in total. The van der Waals surface area contributed by atoms with E-state index in [1.54, 1.807) is 6.07 Å². The number of benzene rings is 3. The first-order valence-corrected chi connectivity index (χ1v) is 11.4. The fraction of sp³-hybridized carbons (Fsp3) is 0.148. The SMILES string of the molecule is N#Cc1ccccc1NC(=O)[C@H](OC(=O)c1cccc(C(F)(F)F)c1)[C@@H](OC(=O)c1cccc(C(F)(F)F)c1)C(=O)O. The van der Waals surface area contributed by atoms with Gasteiger partial charge in [0.1, 0.15) is 6.07 Å². The van der Waals surface area contributed by atoms with Crippen LogP contribution < -0.4 is 5.32 Å². The highest BCUT2D eigenvalue weighted by atomic mass is 19.4. The molecule has 2 atom stereocenters. The van der Waals surface area contributed by atoms with Gasteiger partial charge in [-0.25, -0.2) is 14.4 Å². The van der Waals surface area contributed by atoms with Crippen LogP contribution in [-0.4, -0.2) is 41.1 Å². The molecule has 218 valence electrons. The van der Waals surface area contributed by atoms with E-state index in [2.05, 4.69) is 5.32 Å². The van der Waals surface area contributed by atoms with Crippen LogP contribution >= 0.6 is 0 Å². The summed E-state index contributed by atoms with van der Waals surface area (Å²) in [4.78, 5) is 50.6. The molecule has 0 aliphatic carbocycles. The molecular weight excluding hydrogens is 578 g/mol. The molecule has 0 radical (unpaired) electrons. The zero-order valence-corrected chi connectivity index (χ0v) is 20.7. The summed E-state index contributed by atoms with van der Waals surface area (Å²) in [5, 5.41) is 21.1. The Labute approximate surface area is 231 Å². The number of rotatable bonds is 8. The molecule has 15 heteroatoms. The summed E-state index contributed by atoms with van der Waals surface area (Å²) in [6.07, 6.45) is -15.1. The number of halogens is 6. The van der Waals surface area contributed by atoms with Crippen molar-refractivity contribution in [1.82, 2.24) is 0 Å². The van der Waals surface area contributed by atoms with Gasteiger partial charge in [0.2, 0.25) is 12.2 Å². The zero-order valence-electron chi connectivity index (χ0n) is 20.7. The maximum absolute atomic E-state index is 13.1. The van der Waals surface area contributed by atoms with E-state index in [0.717, 1.165) is 24.3 Å². The van der Waals surface area contributed by atoms with Crippen molar-refractivity contribution in [2.45, 2.75) is 24.6 Å². The van der Waals surface area contributed by atoms with Gasteiger partial charge in [0.15, 0.2) is 0 Å². The van der Waals surface area contributed by atoms with E-state index in [9.17, 15) is 55.9 Å². The number of carbonyl (C=O) groups is 4. The van der Waals surface area contributed by atoms with Crippen LogP contribution in [0, 0.1) is 11.3 Å². The van der Waals surface area contributed by atoms with Crippen molar-refractivity contribution in [2.24, 2.45) is 0 Å². The van der Waals surface area contributed by atoms with Crippen molar-refractivity contribution < 1.29 is 60.1 Å². The summed E-state index contributed by atoms with van der Waals surface area (Å²) >= 11 is 0. The molecule has 0 unspecified atom stereocenters. The Balaban J connectivity index is 2.00. The molecule has 0 spiro atoms. The first-order chi connectivity index (χ1) is 19.6. The van der Waals surface area contributed by atoms with E-state index < -0.39 is 70.6 Å². The standard InChI is InChI=1S/C27H16F6N2O7/c28-26(29,30)17-8-3-6-14(11-17)24(39)41-20(22(36)35-19-10-2-1-5-16(19)13-34)21(23(37)38)42-25(40)15-7-4-9-18(12-15)27(31,32)33/h1-12,20-21H,(H,35,36)(H,37,38)/t20-,21-/m1/s1. The molecular formula is C27H16F6N2O7. The predicted octanol–water partition coefficient (Wildman–Crippen LogP) is 5.07. The van der Waals surface area contributed by atoms with Gasteiger partial charge in [-0.1, -0.05) is 24.3 Å². The number of anilines is 1. The molecule has 9 nitrogen and oxygen atoms in total. The zero-order chi connectivity index (χ0) is 31.2. The fourth-order valence-electron chi connectivity index (χ4n) is 3.40. The van der Waals surface area contributed by atoms with Gasteiger partial charge in [-0.3, -0.25) is 4.79 Å². The Morgan fingerprint density at radius 2 is 1.21 bits per heavy atom. The summed E-state index contributed by atoms with van der Waals surface area (Å²) in [5.41, 5.74) is -4.48. The Bertz CT molecular complexity index is 1560. The van der Waals surface area contributed by atoms with Crippen molar-refractivity contribution in [3.05, 3.63) is 101 Å². The molecule has 0 aromatic heterocycles. The molecule has 0 fully saturated rings. The van der Waals surface area contributed by atoms with Gasteiger partial charge in [0.25, 0.3) is 5.91 Å². The van der Waals surface area contributed by atoms with Crippen molar-refractivity contribution in [2.75, 3.05) is 5.32 Å². The lowest BCUT2D eigenvalue weighted by Crippen LogP contribution is -2.48. The summed E-state index contributed by atoms with van der Waals surface area (Å²) in [5.74, 6) is -6.92. The fourth-order valence-corrected chi connectivity index (χ4v) is 3.40. The number of aliphatic carboxylic acids is 1. The molecule has 0 heterocycles. The lowest BCUT2D eigenvalue weighted by atomic mass is 10.1. The lowest BCUT2D eigenvalue weighted by Gasteiger charge is -2.24. The third-order valence-corrected chi connectivity index (χ3v) is 5.40. The molecule has 3 aromatic carbocycles. The number of carboxylic acids is 1. The maximum atomic E-state index is 13.1.